The Morgan fingerprint density at radius 3 is 2.72 bits per heavy atom. The van der Waals surface area contributed by atoms with Crippen LogP contribution in [0.3, 0.4) is 0 Å². The second-order valence-corrected chi connectivity index (χ2v) is 12.0. The van der Waals surface area contributed by atoms with E-state index in [1.807, 2.05) is 11.8 Å². The summed E-state index contributed by atoms with van der Waals surface area (Å²) in [4.78, 5) is 26.3. The molecule has 0 radical (unpaired) electrons. The first-order valence-electron chi connectivity index (χ1n) is 10.7. The highest BCUT2D eigenvalue weighted by Gasteiger charge is 2.44. The Hall–Kier alpha value is -1.53. The topological polar surface area (TPSA) is 130 Å². The SMILES string of the molecule is NS(=O)(=O)c1ccc(CCNC(=O)CSCC2NC(=O)C3C4=C(CCCC4)SC3N2)cc1. The molecule has 4 rings (SSSR count). The largest absolute Gasteiger partial charge is 0.355 e. The van der Waals surface area contributed by atoms with Gasteiger partial charge in [0.2, 0.25) is 21.8 Å². The number of allylic oxidation sites excluding steroid dienone is 1. The molecule has 3 unspecified atom stereocenters. The van der Waals surface area contributed by atoms with Crippen LogP contribution in [0.2, 0.25) is 0 Å². The molecule has 8 nitrogen and oxygen atoms in total. The second-order valence-electron chi connectivity index (χ2n) is 8.20. The van der Waals surface area contributed by atoms with Crippen molar-refractivity contribution in [1.29, 1.82) is 0 Å². The number of amides is 2. The lowest BCUT2D eigenvalue weighted by molar-refractivity contribution is -0.126. The summed E-state index contributed by atoms with van der Waals surface area (Å²) >= 11 is 3.30. The van der Waals surface area contributed by atoms with E-state index in [0.29, 0.717) is 24.5 Å². The zero-order valence-corrected chi connectivity index (χ0v) is 20.1. The molecule has 3 atom stereocenters. The van der Waals surface area contributed by atoms with Crippen LogP contribution in [0.25, 0.3) is 0 Å². The lowest BCUT2D eigenvalue weighted by atomic mass is 9.87. The van der Waals surface area contributed by atoms with Crippen LogP contribution in [-0.2, 0) is 26.0 Å². The minimum absolute atomic E-state index is 0.0427. The third kappa shape index (κ3) is 5.69. The molecule has 0 aromatic heterocycles. The van der Waals surface area contributed by atoms with Gasteiger partial charge >= 0.3 is 0 Å². The molecule has 1 aromatic rings. The molecule has 5 N–H and O–H groups in total. The number of sulfonamides is 1. The van der Waals surface area contributed by atoms with Gasteiger partial charge in [0.25, 0.3) is 0 Å². The van der Waals surface area contributed by atoms with Crippen LogP contribution in [0.5, 0.6) is 0 Å². The average molecular weight is 497 g/mol. The highest BCUT2D eigenvalue weighted by Crippen LogP contribution is 2.48. The zero-order chi connectivity index (χ0) is 22.7. The molecule has 0 saturated carbocycles. The smallest absolute Gasteiger partial charge is 0.238 e. The summed E-state index contributed by atoms with van der Waals surface area (Å²) in [5.41, 5.74) is 2.25. The van der Waals surface area contributed by atoms with Crippen LogP contribution in [0.4, 0.5) is 0 Å². The van der Waals surface area contributed by atoms with E-state index in [9.17, 15) is 18.0 Å². The van der Waals surface area contributed by atoms with Gasteiger partial charge in [0, 0.05) is 12.3 Å². The molecule has 1 saturated heterocycles. The molecule has 11 heteroatoms. The fourth-order valence-electron chi connectivity index (χ4n) is 4.30. The minimum Gasteiger partial charge on any atom is -0.355 e. The van der Waals surface area contributed by atoms with Crippen molar-refractivity contribution in [2.24, 2.45) is 11.1 Å². The maximum Gasteiger partial charge on any atom is 0.238 e. The van der Waals surface area contributed by atoms with Crippen molar-refractivity contribution in [3.63, 3.8) is 0 Å². The van der Waals surface area contributed by atoms with E-state index in [-0.39, 0.29) is 34.2 Å². The van der Waals surface area contributed by atoms with E-state index in [1.165, 1.54) is 47.2 Å². The molecule has 174 valence electrons. The van der Waals surface area contributed by atoms with Crippen molar-refractivity contribution in [2.45, 2.75) is 48.5 Å². The van der Waals surface area contributed by atoms with E-state index in [1.54, 1.807) is 12.1 Å². The number of benzene rings is 1. The van der Waals surface area contributed by atoms with Gasteiger partial charge < -0.3 is 10.6 Å². The van der Waals surface area contributed by atoms with Gasteiger partial charge in [0.15, 0.2) is 0 Å². The maximum atomic E-state index is 12.7. The van der Waals surface area contributed by atoms with Crippen LogP contribution in [-0.4, -0.2) is 49.8 Å². The van der Waals surface area contributed by atoms with Crippen LogP contribution in [0.15, 0.2) is 39.6 Å². The number of primary sulfonamides is 1. The Bertz CT molecular complexity index is 1010. The van der Waals surface area contributed by atoms with Crippen LogP contribution in [0, 0.1) is 5.92 Å². The van der Waals surface area contributed by atoms with Gasteiger partial charge in [-0.1, -0.05) is 12.1 Å². The number of carbonyl (C=O) groups is 2. The number of carbonyl (C=O) groups excluding carboxylic acids is 2. The minimum atomic E-state index is -3.69. The number of rotatable bonds is 8. The highest BCUT2D eigenvalue weighted by molar-refractivity contribution is 8.04. The van der Waals surface area contributed by atoms with Crippen LogP contribution < -0.4 is 21.1 Å². The third-order valence-electron chi connectivity index (χ3n) is 5.88. The molecule has 2 heterocycles. The molecule has 2 amide bonds. The fourth-order valence-corrected chi connectivity index (χ4v) is 7.24. The van der Waals surface area contributed by atoms with Crippen molar-refractivity contribution >= 4 is 45.4 Å². The van der Waals surface area contributed by atoms with E-state index in [0.717, 1.165) is 18.4 Å². The summed E-state index contributed by atoms with van der Waals surface area (Å²) < 4.78 is 22.6. The molecule has 1 aliphatic carbocycles. The Morgan fingerprint density at radius 1 is 1.22 bits per heavy atom. The third-order valence-corrected chi connectivity index (χ3v) is 9.25. The van der Waals surface area contributed by atoms with Gasteiger partial charge in [-0.15, -0.1) is 23.5 Å². The Morgan fingerprint density at radius 2 is 1.97 bits per heavy atom. The number of nitrogens with two attached hydrogens (primary N) is 1. The summed E-state index contributed by atoms with van der Waals surface area (Å²) in [5, 5.41) is 14.7. The molecular formula is C21H28N4O4S3. The van der Waals surface area contributed by atoms with Crippen molar-refractivity contribution in [2.75, 3.05) is 18.1 Å². The number of hydrogen-bond donors (Lipinski definition) is 4. The van der Waals surface area contributed by atoms with Crippen molar-refractivity contribution in [3.8, 4) is 0 Å². The van der Waals surface area contributed by atoms with E-state index >= 15 is 0 Å². The van der Waals surface area contributed by atoms with Crippen LogP contribution >= 0.6 is 23.5 Å². The Balaban J connectivity index is 1.15. The number of fused-ring (bicyclic) bond motifs is 2. The summed E-state index contributed by atoms with van der Waals surface area (Å²) in [7, 11) is -3.69. The normalized spacial score (nSPS) is 25.2. The first kappa shape index (κ1) is 23.6. The number of nitrogens with one attached hydrogen (secondary N) is 3. The summed E-state index contributed by atoms with van der Waals surface area (Å²) in [6, 6.07) is 6.32. The highest BCUT2D eigenvalue weighted by atomic mass is 32.2. The average Bonchev–Trinajstić information content (AvgIpc) is 3.12. The summed E-state index contributed by atoms with van der Waals surface area (Å²) in [5.74, 6) is 0.941. The monoisotopic (exact) mass is 496 g/mol. The lowest BCUT2D eigenvalue weighted by Crippen LogP contribution is -2.60. The van der Waals surface area contributed by atoms with E-state index in [2.05, 4.69) is 16.0 Å². The Labute approximate surface area is 197 Å². The standard InChI is InChI=1S/C21H28N4O4S3/c22-32(28,29)14-7-5-13(6-8-14)9-10-23-18(26)12-30-11-17-24-20(27)19-15-3-1-2-4-16(15)31-21(19)25-17/h5-8,17,19,21,25H,1-4,9-12H2,(H,23,26)(H,24,27)(H2,22,28,29). The summed E-state index contributed by atoms with van der Waals surface area (Å²) in [6.45, 7) is 0.462. The van der Waals surface area contributed by atoms with Gasteiger partial charge in [-0.25, -0.2) is 13.6 Å². The second kappa shape index (κ2) is 10.2. The number of thioether (sulfide) groups is 2. The van der Waals surface area contributed by atoms with Gasteiger partial charge in [-0.3, -0.25) is 14.9 Å². The quantitative estimate of drug-likeness (QED) is 0.427. The van der Waals surface area contributed by atoms with Crippen molar-refractivity contribution in [3.05, 3.63) is 40.3 Å². The van der Waals surface area contributed by atoms with Crippen molar-refractivity contribution < 1.29 is 18.0 Å². The molecule has 32 heavy (non-hydrogen) atoms. The van der Waals surface area contributed by atoms with Crippen LogP contribution in [0.1, 0.15) is 31.2 Å². The molecule has 0 bridgehead atoms. The molecule has 1 fully saturated rings. The molecular weight excluding hydrogens is 468 g/mol. The zero-order valence-electron chi connectivity index (χ0n) is 17.6. The predicted octanol–water partition coefficient (Wildman–Crippen LogP) is 1.29. The lowest BCUT2D eigenvalue weighted by Gasteiger charge is -2.34. The molecule has 2 aliphatic heterocycles. The van der Waals surface area contributed by atoms with E-state index in [4.69, 9.17) is 5.14 Å². The fraction of sp³-hybridized carbons (Fsp3) is 0.524. The summed E-state index contributed by atoms with van der Waals surface area (Å²) in [6.07, 6.45) is 4.98. The van der Waals surface area contributed by atoms with Crippen molar-refractivity contribution in [1.82, 2.24) is 16.0 Å². The molecule has 0 spiro atoms. The predicted molar refractivity (Wildman–Crippen MR) is 127 cm³/mol. The first-order chi connectivity index (χ1) is 15.3. The molecule has 3 aliphatic rings. The van der Waals surface area contributed by atoms with E-state index < -0.39 is 10.0 Å². The maximum absolute atomic E-state index is 12.7. The molecule has 1 aromatic carbocycles. The van der Waals surface area contributed by atoms with Gasteiger partial charge in [-0.05, 0) is 60.3 Å². The van der Waals surface area contributed by atoms with Gasteiger partial charge in [0.05, 0.1) is 28.1 Å². The first-order valence-corrected chi connectivity index (χ1v) is 14.3. The Kier molecular flexibility index (Phi) is 7.51. The number of hydrogen-bond acceptors (Lipinski definition) is 7. The van der Waals surface area contributed by atoms with Gasteiger partial charge in [-0.2, -0.15) is 0 Å². The van der Waals surface area contributed by atoms with Gasteiger partial charge in [0.1, 0.15) is 0 Å².